The fraction of sp³-hybridized carbons (Fsp3) is 0.333. The summed E-state index contributed by atoms with van der Waals surface area (Å²) in [6.07, 6.45) is 3.16. The molecule has 3 N–H and O–H groups in total. The predicted molar refractivity (Wildman–Crippen MR) is 65.0 cm³/mol. The molecule has 16 heavy (non-hydrogen) atoms. The summed E-state index contributed by atoms with van der Waals surface area (Å²) < 4.78 is 13.3. The van der Waals surface area contributed by atoms with Crippen molar-refractivity contribution in [1.29, 1.82) is 0 Å². The molecule has 0 fully saturated rings. The fourth-order valence-corrected chi connectivity index (χ4v) is 3.35. The molecule has 1 aromatic rings. The largest absolute Gasteiger partial charge is 0.360 e. The number of nitrogens with two attached hydrogens (primary N) is 1. The maximum absolute atomic E-state index is 13.3. The quantitative estimate of drug-likeness (QED) is 0.726. The molecule has 1 aliphatic heterocycles. The van der Waals surface area contributed by atoms with Gasteiger partial charge in [0, 0.05) is 10.5 Å². The number of thioether (sulfide) groups is 1. The van der Waals surface area contributed by atoms with E-state index < -0.39 is 0 Å². The van der Waals surface area contributed by atoms with Crippen LogP contribution < -0.4 is 11.1 Å². The van der Waals surface area contributed by atoms with E-state index in [1.807, 2.05) is 6.07 Å². The molecule has 0 amide bonds. The minimum atomic E-state index is -0.181. The van der Waals surface area contributed by atoms with Crippen molar-refractivity contribution in [2.75, 3.05) is 0 Å². The smallest absolute Gasteiger partial charge is 0.127 e. The zero-order valence-corrected chi connectivity index (χ0v) is 9.61. The summed E-state index contributed by atoms with van der Waals surface area (Å²) in [5, 5.41) is 3.23. The van der Waals surface area contributed by atoms with Crippen LogP contribution in [0.5, 0.6) is 0 Å². The van der Waals surface area contributed by atoms with Gasteiger partial charge in [0.2, 0.25) is 0 Å². The third-order valence-corrected chi connectivity index (χ3v) is 4.09. The molecule has 1 aliphatic carbocycles. The van der Waals surface area contributed by atoms with Crippen molar-refractivity contribution in [3.8, 4) is 0 Å². The lowest BCUT2D eigenvalue weighted by Gasteiger charge is -2.11. The average Bonchev–Trinajstić information content (AvgIpc) is 2.54. The van der Waals surface area contributed by atoms with Gasteiger partial charge in [0.1, 0.15) is 11.3 Å². The molecule has 0 aromatic heterocycles. The molecular weight excluding hydrogens is 223 g/mol. The Balaban J connectivity index is 2.13. The summed E-state index contributed by atoms with van der Waals surface area (Å²) in [4.78, 5) is 1.27. The van der Waals surface area contributed by atoms with E-state index in [1.54, 1.807) is 17.8 Å². The van der Waals surface area contributed by atoms with E-state index in [9.17, 15) is 4.39 Å². The molecule has 0 saturated heterocycles. The van der Waals surface area contributed by atoms with Crippen molar-refractivity contribution >= 4 is 17.5 Å². The van der Waals surface area contributed by atoms with E-state index >= 15 is 0 Å². The van der Waals surface area contributed by atoms with Crippen molar-refractivity contribution < 1.29 is 4.39 Å². The molecule has 0 saturated carbocycles. The van der Waals surface area contributed by atoms with Gasteiger partial charge in [-0.15, -0.1) is 0 Å². The molecule has 1 atom stereocenters. The van der Waals surface area contributed by atoms with Gasteiger partial charge in [0.15, 0.2) is 0 Å². The van der Waals surface area contributed by atoms with Crippen molar-refractivity contribution in [2.45, 2.75) is 24.8 Å². The summed E-state index contributed by atoms with van der Waals surface area (Å²) >= 11 is 1.66. The molecule has 84 valence electrons. The molecule has 1 unspecified atom stereocenters. The zero-order chi connectivity index (χ0) is 11.1. The highest BCUT2D eigenvalue weighted by atomic mass is 32.2. The predicted octanol–water partition coefficient (Wildman–Crippen LogP) is 2.41. The van der Waals surface area contributed by atoms with Crippen LogP contribution in [0.3, 0.4) is 0 Å². The van der Waals surface area contributed by atoms with Gasteiger partial charge in [-0.2, -0.15) is 0 Å². The monoisotopic (exact) mass is 236 g/mol. The maximum atomic E-state index is 13.3. The summed E-state index contributed by atoms with van der Waals surface area (Å²) in [5.74, 6) is -0.181. The SMILES string of the molecule is NC1NC2=C(CCCc3ccc(F)cc32)S1. The van der Waals surface area contributed by atoms with E-state index in [0.29, 0.717) is 0 Å². The van der Waals surface area contributed by atoms with Gasteiger partial charge in [-0.3, -0.25) is 0 Å². The standard InChI is InChI=1S/C12H13FN2S/c13-8-5-4-7-2-1-3-10-11(9(7)6-8)15-12(14)16-10/h4-6,12,15H,1-3,14H2. The molecule has 3 rings (SSSR count). The second-order valence-corrected chi connectivity index (χ2v) is 5.37. The molecule has 1 heterocycles. The Morgan fingerprint density at radius 3 is 3.12 bits per heavy atom. The fourth-order valence-electron chi connectivity index (χ4n) is 2.32. The first-order valence-electron chi connectivity index (χ1n) is 5.45. The molecule has 0 radical (unpaired) electrons. The normalized spacial score (nSPS) is 23.5. The van der Waals surface area contributed by atoms with Gasteiger partial charge in [0.05, 0.1) is 5.70 Å². The Morgan fingerprint density at radius 2 is 2.25 bits per heavy atom. The topological polar surface area (TPSA) is 38.0 Å². The summed E-state index contributed by atoms with van der Waals surface area (Å²) in [6, 6.07) is 5.03. The Morgan fingerprint density at radius 1 is 1.38 bits per heavy atom. The molecule has 2 aliphatic rings. The van der Waals surface area contributed by atoms with Crippen LogP contribution in [0, 0.1) is 5.82 Å². The first kappa shape index (κ1) is 10.2. The van der Waals surface area contributed by atoms with Gasteiger partial charge in [-0.1, -0.05) is 17.8 Å². The average molecular weight is 236 g/mol. The zero-order valence-electron chi connectivity index (χ0n) is 8.79. The third-order valence-electron chi connectivity index (χ3n) is 3.03. The van der Waals surface area contributed by atoms with Crippen LogP contribution in [0.4, 0.5) is 4.39 Å². The summed E-state index contributed by atoms with van der Waals surface area (Å²) in [6.45, 7) is 0. The van der Waals surface area contributed by atoms with E-state index in [2.05, 4.69) is 5.32 Å². The number of halogens is 1. The highest BCUT2D eigenvalue weighted by Gasteiger charge is 2.26. The second-order valence-electron chi connectivity index (χ2n) is 4.14. The summed E-state index contributed by atoms with van der Waals surface area (Å²) in [5.41, 5.74) is 9.03. The number of hydrogen-bond donors (Lipinski definition) is 2. The molecule has 1 aromatic carbocycles. The highest BCUT2D eigenvalue weighted by molar-refractivity contribution is 8.04. The number of rotatable bonds is 0. The Hall–Kier alpha value is -1.00. The van der Waals surface area contributed by atoms with Crippen LogP contribution in [-0.4, -0.2) is 5.50 Å². The van der Waals surface area contributed by atoms with Crippen molar-refractivity contribution in [3.05, 3.63) is 40.0 Å². The lowest BCUT2D eigenvalue weighted by atomic mass is 10.0. The molecule has 0 bridgehead atoms. The van der Waals surface area contributed by atoms with Crippen LogP contribution in [-0.2, 0) is 6.42 Å². The number of nitrogens with one attached hydrogen (secondary N) is 1. The van der Waals surface area contributed by atoms with Crippen molar-refractivity contribution in [1.82, 2.24) is 5.32 Å². The lowest BCUT2D eigenvalue weighted by molar-refractivity contribution is 0.626. The Bertz CT molecular complexity index is 470. The van der Waals surface area contributed by atoms with Crippen molar-refractivity contribution in [3.63, 3.8) is 0 Å². The minimum Gasteiger partial charge on any atom is -0.360 e. The minimum absolute atomic E-state index is 0.0841. The number of hydrogen-bond acceptors (Lipinski definition) is 3. The van der Waals surface area contributed by atoms with Gasteiger partial charge >= 0.3 is 0 Å². The third kappa shape index (κ3) is 1.62. The van der Waals surface area contributed by atoms with E-state index in [1.165, 1.54) is 16.5 Å². The summed E-state index contributed by atoms with van der Waals surface area (Å²) in [7, 11) is 0. The number of fused-ring (bicyclic) bond motifs is 2. The first-order valence-corrected chi connectivity index (χ1v) is 6.33. The maximum Gasteiger partial charge on any atom is 0.127 e. The van der Waals surface area contributed by atoms with E-state index in [4.69, 9.17) is 5.73 Å². The number of benzene rings is 1. The van der Waals surface area contributed by atoms with E-state index in [0.717, 1.165) is 30.5 Å². The first-order chi connectivity index (χ1) is 7.74. The molecule has 4 heteroatoms. The Labute approximate surface area is 98.1 Å². The van der Waals surface area contributed by atoms with Gasteiger partial charge < -0.3 is 11.1 Å². The molecule has 0 spiro atoms. The highest BCUT2D eigenvalue weighted by Crippen LogP contribution is 2.40. The lowest BCUT2D eigenvalue weighted by Crippen LogP contribution is -2.28. The number of allylic oxidation sites excluding steroid dienone is 1. The van der Waals surface area contributed by atoms with Crippen LogP contribution >= 0.6 is 11.8 Å². The van der Waals surface area contributed by atoms with Crippen LogP contribution in [0.25, 0.3) is 5.70 Å². The van der Waals surface area contributed by atoms with Gasteiger partial charge in [-0.25, -0.2) is 4.39 Å². The van der Waals surface area contributed by atoms with Crippen LogP contribution in [0.1, 0.15) is 24.0 Å². The van der Waals surface area contributed by atoms with Gasteiger partial charge in [-0.05, 0) is 37.0 Å². The van der Waals surface area contributed by atoms with Crippen LogP contribution in [0.15, 0.2) is 23.1 Å². The van der Waals surface area contributed by atoms with E-state index in [-0.39, 0.29) is 11.3 Å². The second kappa shape index (κ2) is 3.79. The van der Waals surface area contributed by atoms with Gasteiger partial charge in [0.25, 0.3) is 0 Å². The number of aryl methyl sites for hydroxylation is 1. The molecule has 2 nitrogen and oxygen atoms in total. The molecular formula is C12H13FN2S. The van der Waals surface area contributed by atoms with Crippen molar-refractivity contribution in [2.24, 2.45) is 5.73 Å². The van der Waals surface area contributed by atoms with Crippen LogP contribution in [0.2, 0.25) is 0 Å². The Kier molecular flexibility index (Phi) is 2.41.